The number of nitriles is 1. The van der Waals surface area contributed by atoms with E-state index in [1.165, 1.54) is 18.7 Å². The number of carbonyl (C=O) groups excluding carboxylic acids is 4. The summed E-state index contributed by atoms with van der Waals surface area (Å²) >= 11 is 1.44. The van der Waals surface area contributed by atoms with Crippen LogP contribution in [0.4, 0.5) is 10.5 Å². The zero-order valence-corrected chi connectivity index (χ0v) is 29.0. The van der Waals surface area contributed by atoms with Gasteiger partial charge in [-0.05, 0) is 87.5 Å². The lowest BCUT2D eigenvalue weighted by molar-refractivity contribution is -0.130. The van der Waals surface area contributed by atoms with Crippen LogP contribution in [0, 0.1) is 24.2 Å². The number of nitrogens with one attached hydrogen (secondary N) is 3. The first kappa shape index (κ1) is 33.7. The predicted octanol–water partition coefficient (Wildman–Crippen LogP) is 4.15. The van der Waals surface area contributed by atoms with Gasteiger partial charge in [0.1, 0.15) is 23.1 Å². The van der Waals surface area contributed by atoms with E-state index in [1.807, 2.05) is 60.4 Å². The second kappa shape index (κ2) is 14.2. The summed E-state index contributed by atoms with van der Waals surface area (Å²) < 4.78 is 6.02. The van der Waals surface area contributed by atoms with E-state index in [4.69, 9.17) is 4.74 Å². The van der Waals surface area contributed by atoms with Gasteiger partial charge in [0.2, 0.25) is 5.91 Å². The molecular formula is C37H41N7O5S. The minimum Gasteiger partial charge on any atom is -0.457 e. The van der Waals surface area contributed by atoms with Gasteiger partial charge < -0.3 is 30.5 Å². The Kier molecular flexibility index (Phi) is 9.57. The van der Waals surface area contributed by atoms with Crippen LogP contribution in [0.5, 0.6) is 11.5 Å². The Labute approximate surface area is 295 Å². The lowest BCUT2D eigenvalue weighted by Crippen LogP contribution is -2.62. The quantitative estimate of drug-likeness (QED) is 0.289. The lowest BCUT2D eigenvalue weighted by atomic mass is 9.86. The van der Waals surface area contributed by atoms with E-state index in [2.05, 4.69) is 22.0 Å². The summed E-state index contributed by atoms with van der Waals surface area (Å²) in [6.07, 6.45) is 5.26. The predicted molar refractivity (Wildman–Crippen MR) is 189 cm³/mol. The van der Waals surface area contributed by atoms with Gasteiger partial charge in [-0.15, -0.1) is 0 Å². The van der Waals surface area contributed by atoms with E-state index in [-0.39, 0.29) is 65.3 Å². The van der Waals surface area contributed by atoms with Crippen LogP contribution in [0.15, 0.2) is 70.8 Å². The molecule has 5 amide bonds. The Morgan fingerprint density at radius 3 is 2.62 bits per heavy atom. The van der Waals surface area contributed by atoms with Gasteiger partial charge in [0.05, 0.1) is 22.4 Å². The fraction of sp³-hybridized carbons (Fsp3) is 0.432. The Morgan fingerprint density at radius 1 is 1.06 bits per heavy atom. The average molecular weight is 696 g/mol. The number of rotatable bonds is 7. The molecule has 0 radical (unpaired) electrons. The largest absolute Gasteiger partial charge is 0.457 e. The second-order valence-corrected chi connectivity index (χ2v) is 14.6. The van der Waals surface area contributed by atoms with Crippen molar-refractivity contribution >= 4 is 41.2 Å². The van der Waals surface area contributed by atoms with Gasteiger partial charge in [0.15, 0.2) is 0 Å². The van der Waals surface area contributed by atoms with Crippen LogP contribution in [0.25, 0.3) is 0 Å². The molecular weight excluding hydrogens is 655 g/mol. The number of hydrogen-bond acceptors (Lipinski definition) is 8. The van der Waals surface area contributed by atoms with Crippen molar-refractivity contribution in [1.82, 2.24) is 25.8 Å². The van der Waals surface area contributed by atoms with Crippen LogP contribution in [-0.2, 0) is 14.4 Å². The minimum absolute atomic E-state index is 0.0238. The molecule has 0 aromatic heterocycles. The fourth-order valence-electron chi connectivity index (χ4n) is 7.89. The smallest absolute Gasteiger partial charge is 0.326 e. The highest BCUT2D eigenvalue weighted by Crippen LogP contribution is 2.48. The van der Waals surface area contributed by atoms with Crippen molar-refractivity contribution in [2.75, 3.05) is 31.1 Å². The number of urea groups is 1. The summed E-state index contributed by atoms with van der Waals surface area (Å²) in [5, 5.41) is 19.5. The standard InChI is InChI=1S/C37H41N7O5S/c1-22-18-28(49-27-10-4-3-5-11-27)12-13-29(22)44-30-14-15-39-35-31(30)32(41-37(44)48)33(50-35)34(46)40-25-8-6-16-42(21-25)36(47)24(20-38)19-26-9-7-17-43(26)23(2)45/h3-5,10-13,18-19,25-26,30-31,35,39H,6-9,14-17,21H2,1-2H3,(H,40,46)(H,41,48)/b24-19+/t25-,26+,30?,31?,35?/m1/s1. The van der Waals surface area contributed by atoms with Crippen molar-refractivity contribution in [3.05, 3.63) is 76.3 Å². The zero-order chi connectivity index (χ0) is 34.9. The molecule has 0 saturated carbocycles. The number of nitrogens with zero attached hydrogens (tertiary/aromatic N) is 4. The van der Waals surface area contributed by atoms with Crippen LogP contribution in [-0.4, -0.2) is 83.2 Å². The van der Waals surface area contributed by atoms with Crippen molar-refractivity contribution in [3.8, 4) is 17.6 Å². The molecule has 12 nitrogen and oxygen atoms in total. The van der Waals surface area contributed by atoms with Crippen molar-refractivity contribution in [2.24, 2.45) is 5.92 Å². The van der Waals surface area contributed by atoms with E-state index in [9.17, 15) is 24.4 Å². The second-order valence-electron chi connectivity index (χ2n) is 13.5. The maximum absolute atomic E-state index is 13.9. The Morgan fingerprint density at radius 2 is 1.86 bits per heavy atom. The Bertz CT molecular complexity index is 1810. The highest BCUT2D eigenvalue weighted by atomic mass is 32.2. The summed E-state index contributed by atoms with van der Waals surface area (Å²) in [4.78, 5) is 58.7. The molecule has 7 rings (SSSR count). The molecule has 4 fully saturated rings. The molecule has 0 spiro atoms. The normalized spacial score (nSPS) is 26.3. The van der Waals surface area contributed by atoms with Crippen LogP contribution < -0.4 is 25.6 Å². The third kappa shape index (κ3) is 6.57. The van der Waals surface area contributed by atoms with Crippen molar-refractivity contribution in [1.29, 1.82) is 5.26 Å². The number of hydrogen-bond donors (Lipinski definition) is 3. The third-order valence-electron chi connectivity index (χ3n) is 10.2. The molecule has 2 aromatic carbocycles. The molecule has 260 valence electrons. The number of ether oxygens (including phenoxy) is 1. The summed E-state index contributed by atoms with van der Waals surface area (Å²) in [7, 11) is 0. The molecule has 2 aromatic rings. The molecule has 50 heavy (non-hydrogen) atoms. The van der Waals surface area contributed by atoms with E-state index < -0.39 is 0 Å². The maximum atomic E-state index is 13.9. The number of amides is 5. The number of thioether (sulfide) groups is 1. The molecule has 13 heteroatoms. The number of aryl methyl sites for hydroxylation is 1. The summed E-state index contributed by atoms with van der Waals surface area (Å²) in [5.41, 5.74) is 2.37. The molecule has 5 aliphatic heterocycles. The average Bonchev–Trinajstić information content (AvgIpc) is 3.74. The number of benzene rings is 2. The van der Waals surface area contributed by atoms with Crippen LogP contribution >= 0.6 is 11.8 Å². The molecule has 4 saturated heterocycles. The Balaban J connectivity index is 1.04. The number of piperidine rings is 2. The van der Waals surface area contributed by atoms with Gasteiger partial charge in [-0.1, -0.05) is 30.0 Å². The third-order valence-corrected chi connectivity index (χ3v) is 11.6. The summed E-state index contributed by atoms with van der Waals surface area (Å²) in [5.74, 6) is 0.585. The number of likely N-dealkylation sites (tertiary alicyclic amines) is 2. The number of anilines is 1. The molecule has 5 heterocycles. The molecule has 5 atom stereocenters. The van der Waals surface area contributed by atoms with Crippen LogP contribution in [0.1, 0.15) is 44.6 Å². The van der Waals surface area contributed by atoms with E-state index in [0.29, 0.717) is 55.2 Å². The van der Waals surface area contributed by atoms with Gasteiger partial charge in [0, 0.05) is 49.9 Å². The van der Waals surface area contributed by atoms with Gasteiger partial charge in [-0.25, -0.2) is 4.79 Å². The van der Waals surface area contributed by atoms with Gasteiger partial charge >= 0.3 is 6.03 Å². The SMILES string of the molecule is CC(=O)N1CCC[C@H]1/C=C(\C#N)C(=O)N1CCC[C@@H](NC(=O)C2=C3NC(=O)N(c4ccc(Oc5ccccc5)cc4C)C4CCNC(S2)C34)C1. The van der Waals surface area contributed by atoms with Crippen molar-refractivity contribution < 1.29 is 23.9 Å². The van der Waals surface area contributed by atoms with E-state index in [1.54, 1.807) is 15.9 Å². The molecule has 0 bridgehead atoms. The minimum atomic E-state index is -0.383. The molecule has 5 aliphatic rings. The highest BCUT2D eigenvalue weighted by Gasteiger charge is 2.52. The lowest BCUT2D eigenvalue weighted by Gasteiger charge is -2.46. The van der Waals surface area contributed by atoms with Crippen LogP contribution in [0.2, 0.25) is 0 Å². The van der Waals surface area contributed by atoms with Gasteiger partial charge in [-0.2, -0.15) is 5.26 Å². The van der Waals surface area contributed by atoms with Crippen LogP contribution in [0.3, 0.4) is 0 Å². The van der Waals surface area contributed by atoms with Gasteiger partial charge in [-0.3, -0.25) is 19.3 Å². The maximum Gasteiger partial charge on any atom is 0.326 e. The monoisotopic (exact) mass is 695 g/mol. The molecule has 3 N–H and O–H groups in total. The number of para-hydroxylation sites is 1. The van der Waals surface area contributed by atoms with Crippen molar-refractivity contribution in [2.45, 2.75) is 69.5 Å². The topological polar surface area (TPSA) is 147 Å². The molecule has 0 aliphatic carbocycles. The Hall–Kier alpha value is -4.80. The van der Waals surface area contributed by atoms with Crippen molar-refractivity contribution in [3.63, 3.8) is 0 Å². The zero-order valence-electron chi connectivity index (χ0n) is 28.2. The fourth-order valence-corrected chi connectivity index (χ4v) is 9.29. The summed E-state index contributed by atoms with van der Waals surface area (Å²) in [6, 6.07) is 16.3. The van der Waals surface area contributed by atoms with E-state index >= 15 is 0 Å². The van der Waals surface area contributed by atoms with Gasteiger partial charge in [0.25, 0.3) is 11.8 Å². The number of carbonyl (C=O) groups is 4. The summed E-state index contributed by atoms with van der Waals surface area (Å²) in [6.45, 7) is 5.54. The van der Waals surface area contributed by atoms with E-state index in [0.717, 1.165) is 29.8 Å². The first-order valence-electron chi connectivity index (χ1n) is 17.3. The first-order valence-corrected chi connectivity index (χ1v) is 18.2. The highest BCUT2D eigenvalue weighted by molar-refractivity contribution is 8.04. The molecule has 3 unspecified atom stereocenters. The first-order chi connectivity index (χ1) is 24.2.